The molecule has 0 fully saturated rings. The lowest BCUT2D eigenvalue weighted by Crippen LogP contribution is -2.11. The molecule has 108 valence electrons. The van der Waals surface area contributed by atoms with Crippen LogP contribution in [0.2, 0.25) is 0 Å². The molecule has 0 radical (unpaired) electrons. The van der Waals surface area contributed by atoms with E-state index in [1.807, 2.05) is 0 Å². The summed E-state index contributed by atoms with van der Waals surface area (Å²) < 4.78 is 7.17. The van der Waals surface area contributed by atoms with Crippen molar-refractivity contribution in [3.8, 4) is 5.75 Å². The standard InChI is InChI=1S/C17H27IO/c1-3-4-5-6-7-8-9-10-15(2)19-17-13-11-16(18)12-14-17/h11-15H,3-10H2,1-2H3. The van der Waals surface area contributed by atoms with Crippen molar-refractivity contribution in [1.82, 2.24) is 0 Å². The molecule has 0 aromatic heterocycles. The second-order valence-corrected chi connectivity index (χ2v) is 6.54. The molecule has 1 rings (SSSR count). The van der Waals surface area contributed by atoms with Gasteiger partial charge in [-0.1, -0.05) is 45.4 Å². The summed E-state index contributed by atoms with van der Waals surface area (Å²) in [5.74, 6) is 0.996. The largest absolute Gasteiger partial charge is 0.491 e. The van der Waals surface area contributed by atoms with E-state index in [0.29, 0.717) is 6.10 Å². The summed E-state index contributed by atoms with van der Waals surface area (Å²) in [5.41, 5.74) is 0. The second kappa shape index (κ2) is 10.5. The first-order chi connectivity index (χ1) is 9.22. The van der Waals surface area contributed by atoms with Gasteiger partial charge in [-0.05, 0) is 66.6 Å². The molecule has 1 nitrogen and oxygen atoms in total. The van der Waals surface area contributed by atoms with Crippen molar-refractivity contribution in [2.24, 2.45) is 0 Å². The van der Waals surface area contributed by atoms with Gasteiger partial charge >= 0.3 is 0 Å². The molecule has 0 spiro atoms. The van der Waals surface area contributed by atoms with Gasteiger partial charge in [-0.2, -0.15) is 0 Å². The predicted octanol–water partition coefficient (Wildman–Crippen LogP) is 6.20. The van der Waals surface area contributed by atoms with E-state index < -0.39 is 0 Å². The highest BCUT2D eigenvalue weighted by Gasteiger charge is 2.03. The van der Waals surface area contributed by atoms with E-state index in [2.05, 4.69) is 60.7 Å². The number of hydrogen-bond acceptors (Lipinski definition) is 1. The van der Waals surface area contributed by atoms with Crippen LogP contribution in [0.1, 0.15) is 65.2 Å². The van der Waals surface area contributed by atoms with Gasteiger partial charge in [0.05, 0.1) is 6.10 Å². The molecule has 0 N–H and O–H groups in total. The summed E-state index contributed by atoms with van der Waals surface area (Å²) in [6, 6.07) is 8.30. The molecular weight excluding hydrogens is 347 g/mol. The Morgan fingerprint density at radius 1 is 0.947 bits per heavy atom. The Balaban J connectivity index is 2.04. The highest BCUT2D eigenvalue weighted by molar-refractivity contribution is 14.1. The molecule has 2 heteroatoms. The fourth-order valence-corrected chi connectivity index (χ4v) is 2.55. The van der Waals surface area contributed by atoms with Gasteiger partial charge in [-0.3, -0.25) is 0 Å². The predicted molar refractivity (Wildman–Crippen MR) is 91.9 cm³/mol. The summed E-state index contributed by atoms with van der Waals surface area (Å²) in [5, 5.41) is 0. The fraction of sp³-hybridized carbons (Fsp3) is 0.647. The zero-order valence-corrected chi connectivity index (χ0v) is 14.5. The number of rotatable bonds is 10. The van der Waals surface area contributed by atoms with Crippen LogP contribution in [0.5, 0.6) is 5.75 Å². The first-order valence-electron chi connectivity index (χ1n) is 7.64. The van der Waals surface area contributed by atoms with E-state index in [0.717, 1.165) is 5.75 Å². The van der Waals surface area contributed by atoms with Crippen LogP contribution in [0.25, 0.3) is 0 Å². The molecule has 0 aliphatic rings. The molecule has 0 amide bonds. The fourth-order valence-electron chi connectivity index (χ4n) is 2.19. The maximum Gasteiger partial charge on any atom is 0.119 e. The van der Waals surface area contributed by atoms with Gasteiger partial charge in [0.15, 0.2) is 0 Å². The van der Waals surface area contributed by atoms with E-state index in [4.69, 9.17) is 4.74 Å². The van der Waals surface area contributed by atoms with Crippen LogP contribution in [0.15, 0.2) is 24.3 Å². The Hall–Kier alpha value is -0.250. The number of unbranched alkanes of at least 4 members (excludes halogenated alkanes) is 6. The first-order valence-corrected chi connectivity index (χ1v) is 8.72. The third-order valence-electron chi connectivity index (χ3n) is 3.37. The minimum atomic E-state index is 0.329. The average Bonchev–Trinajstić information content (AvgIpc) is 2.40. The van der Waals surface area contributed by atoms with E-state index in [1.165, 1.54) is 54.9 Å². The highest BCUT2D eigenvalue weighted by atomic mass is 127. The molecule has 1 aromatic carbocycles. The maximum absolute atomic E-state index is 5.91. The van der Waals surface area contributed by atoms with Gasteiger partial charge in [0.1, 0.15) is 5.75 Å². The third-order valence-corrected chi connectivity index (χ3v) is 4.08. The Kier molecular flexibility index (Phi) is 9.31. The van der Waals surface area contributed by atoms with E-state index >= 15 is 0 Å². The average molecular weight is 374 g/mol. The molecule has 0 saturated carbocycles. The van der Waals surface area contributed by atoms with Gasteiger partial charge < -0.3 is 4.74 Å². The molecule has 0 heterocycles. The Morgan fingerprint density at radius 2 is 1.53 bits per heavy atom. The smallest absolute Gasteiger partial charge is 0.119 e. The quantitative estimate of drug-likeness (QED) is 0.350. The topological polar surface area (TPSA) is 9.23 Å². The van der Waals surface area contributed by atoms with Crippen LogP contribution in [-0.4, -0.2) is 6.10 Å². The number of benzene rings is 1. The molecule has 0 aliphatic carbocycles. The van der Waals surface area contributed by atoms with Crippen LogP contribution in [0, 0.1) is 3.57 Å². The van der Waals surface area contributed by atoms with Crippen molar-refractivity contribution in [3.05, 3.63) is 27.8 Å². The first kappa shape index (κ1) is 16.8. The lowest BCUT2D eigenvalue weighted by atomic mass is 10.1. The molecule has 0 aliphatic heterocycles. The van der Waals surface area contributed by atoms with Crippen LogP contribution >= 0.6 is 22.6 Å². The highest BCUT2D eigenvalue weighted by Crippen LogP contribution is 2.17. The molecule has 1 aromatic rings. The van der Waals surface area contributed by atoms with Crippen molar-refractivity contribution in [2.75, 3.05) is 0 Å². The molecular formula is C17H27IO. The van der Waals surface area contributed by atoms with Crippen molar-refractivity contribution >= 4 is 22.6 Å². The summed E-state index contributed by atoms with van der Waals surface area (Å²) in [6.07, 6.45) is 11.1. The Bertz CT molecular complexity index is 321. The van der Waals surface area contributed by atoms with Crippen LogP contribution in [0.3, 0.4) is 0 Å². The monoisotopic (exact) mass is 374 g/mol. The molecule has 0 saturated heterocycles. The summed E-state index contributed by atoms with van der Waals surface area (Å²) in [6.45, 7) is 4.44. The summed E-state index contributed by atoms with van der Waals surface area (Å²) in [7, 11) is 0. The number of hydrogen-bond donors (Lipinski definition) is 0. The van der Waals surface area contributed by atoms with Crippen molar-refractivity contribution in [2.45, 2.75) is 71.3 Å². The lowest BCUT2D eigenvalue weighted by molar-refractivity contribution is 0.206. The van der Waals surface area contributed by atoms with E-state index in [-0.39, 0.29) is 0 Å². The van der Waals surface area contributed by atoms with Gasteiger partial charge in [0.2, 0.25) is 0 Å². The maximum atomic E-state index is 5.91. The van der Waals surface area contributed by atoms with Gasteiger partial charge in [-0.15, -0.1) is 0 Å². The summed E-state index contributed by atoms with van der Waals surface area (Å²) >= 11 is 2.32. The minimum absolute atomic E-state index is 0.329. The van der Waals surface area contributed by atoms with E-state index in [9.17, 15) is 0 Å². The number of ether oxygens (including phenoxy) is 1. The van der Waals surface area contributed by atoms with Crippen LogP contribution in [0.4, 0.5) is 0 Å². The number of halogens is 1. The summed E-state index contributed by atoms with van der Waals surface area (Å²) in [4.78, 5) is 0. The third kappa shape index (κ3) is 8.51. The van der Waals surface area contributed by atoms with Crippen LogP contribution in [-0.2, 0) is 0 Å². The van der Waals surface area contributed by atoms with Crippen molar-refractivity contribution < 1.29 is 4.74 Å². The molecule has 1 unspecified atom stereocenters. The van der Waals surface area contributed by atoms with Crippen molar-refractivity contribution in [1.29, 1.82) is 0 Å². The van der Waals surface area contributed by atoms with Crippen LogP contribution < -0.4 is 4.74 Å². The zero-order chi connectivity index (χ0) is 13.9. The van der Waals surface area contributed by atoms with Gasteiger partial charge in [0.25, 0.3) is 0 Å². The van der Waals surface area contributed by atoms with Gasteiger partial charge in [-0.25, -0.2) is 0 Å². The Labute approximate surface area is 132 Å². The van der Waals surface area contributed by atoms with E-state index in [1.54, 1.807) is 0 Å². The normalized spacial score (nSPS) is 12.4. The molecule has 1 atom stereocenters. The zero-order valence-electron chi connectivity index (χ0n) is 12.3. The van der Waals surface area contributed by atoms with Crippen molar-refractivity contribution in [3.63, 3.8) is 0 Å². The molecule has 0 bridgehead atoms. The lowest BCUT2D eigenvalue weighted by Gasteiger charge is -2.14. The Morgan fingerprint density at radius 3 is 2.16 bits per heavy atom. The van der Waals surface area contributed by atoms with Gasteiger partial charge in [0, 0.05) is 3.57 Å². The SMILES string of the molecule is CCCCCCCCCC(C)Oc1ccc(I)cc1. The second-order valence-electron chi connectivity index (χ2n) is 5.29. The molecule has 19 heavy (non-hydrogen) atoms. The minimum Gasteiger partial charge on any atom is -0.491 e.